The van der Waals surface area contributed by atoms with Crippen molar-refractivity contribution in [3.8, 4) is 0 Å². The standard InChI is InChI=1S/C12H16ClFN2O/c13-10-5-8(1-2-11(10)14)6-12(16-15)9-3-4-17-7-9/h1-2,5,9,12,16H,3-4,6-7,15H2. The van der Waals surface area contributed by atoms with Crippen LogP contribution in [-0.4, -0.2) is 19.3 Å². The van der Waals surface area contributed by atoms with E-state index >= 15 is 0 Å². The number of hydrogen-bond donors (Lipinski definition) is 2. The number of nitrogens with two attached hydrogens (primary N) is 1. The van der Waals surface area contributed by atoms with Crippen LogP contribution in [0.4, 0.5) is 4.39 Å². The zero-order chi connectivity index (χ0) is 12.3. The summed E-state index contributed by atoms with van der Waals surface area (Å²) in [5.74, 6) is 5.57. The van der Waals surface area contributed by atoms with Gasteiger partial charge in [0.2, 0.25) is 0 Å². The minimum absolute atomic E-state index is 0.138. The summed E-state index contributed by atoms with van der Waals surface area (Å²) < 4.78 is 18.4. The normalized spacial score (nSPS) is 21.7. The average molecular weight is 259 g/mol. The molecule has 0 radical (unpaired) electrons. The molecule has 1 aliphatic rings. The molecule has 17 heavy (non-hydrogen) atoms. The van der Waals surface area contributed by atoms with E-state index in [4.69, 9.17) is 22.2 Å². The van der Waals surface area contributed by atoms with E-state index in [0.717, 1.165) is 31.6 Å². The largest absolute Gasteiger partial charge is 0.381 e. The highest BCUT2D eigenvalue weighted by Gasteiger charge is 2.25. The predicted octanol–water partition coefficient (Wildman–Crippen LogP) is 1.89. The molecule has 0 bridgehead atoms. The maximum atomic E-state index is 13.0. The number of rotatable bonds is 4. The molecule has 0 spiro atoms. The van der Waals surface area contributed by atoms with Crippen LogP contribution in [0.15, 0.2) is 18.2 Å². The first-order valence-electron chi connectivity index (χ1n) is 5.68. The fraction of sp³-hybridized carbons (Fsp3) is 0.500. The third kappa shape index (κ3) is 3.16. The van der Waals surface area contributed by atoms with Crippen LogP contribution >= 0.6 is 11.6 Å². The van der Waals surface area contributed by atoms with E-state index in [1.807, 2.05) is 0 Å². The lowest BCUT2D eigenvalue weighted by Gasteiger charge is -2.21. The van der Waals surface area contributed by atoms with Gasteiger partial charge in [0, 0.05) is 18.6 Å². The van der Waals surface area contributed by atoms with Gasteiger partial charge in [-0.05, 0) is 30.5 Å². The molecule has 1 aliphatic heterocycles. The van der Waals surface area contributed by atoms with Gasteiger partial charge in [0.05, 0.1) is 11.6 Å². The molecular weight excluding hydrogens is 243 g/mol. The van der Waals surface area contributed by atoms with Gasteiger partial charge in [-0.25, -0.2) is 4.39 Å². The highest BCUT2D eigenvalue weighted by atomic mass is 35.5. The molecule has 1 aromatic rings. The summed E-state index contributed by atoms with van der Waals surface area (Å²) in [6, 6.07) is 4.91. The number of halogens is 2. The molecule has 1 heterocycles. The van der Waals surface area contributed by atoms with Crippen LogP contribution in [0.25, 0.3) is 0 Å². The predicted molar refractivity (Wildman–Crippen MR) is 65.2 cm³/mol. The van der Waals surface area contributed by atoms with Crippen LogP contribution in [0.1, 0.15) is 12.0 Å². The first-order chi connectivity index (χ1) is 8.20. The molecular formula is C12H16ClFN2O. The topological polar surface area (TPSA) is 47.3 Å². The minimum Gasteiger partial charge on any atom is -0.381 e. The Morgan fingerprint density at radius 3 is 3.00 bits per heavy atom. The van der Waals surface area contributed by atoms with Gasteiger partial charge in [0.15, 0.2) is 0 Å². The summed E-state index contributed by atoms with van der Waals surface area (Å²) in [4.78, 5) is 0. The number of ether oxygens (including phenoxy) is 1. The van der Waals surface area contributed by atoms with Gasteiger partial charge in [-0.3, -0.25) is 11.3 Å². The third-order valence-corrected chi connectivity index (χ3v) is 3.48. The quantitative estimate of drug-likeness (QED) is 0.641. The van der Waals surface area contributed by atoms with E-state index in [9.17, 15) is 4.39 Å². The van der Waals surface area contributed by atoms with E-state index < -0.39 is 5.82 Å². The van der Waals surface area contributed by atoms with Crippen molar-refractivity contribution in [3.05, 3.63) is 34.6 Å². The Kier molecular flexibility index (Phi) is 4.34. The zero-order valence-corrected chi connectivity index (χ0v) is 10.2. The summed E-state index contributed by atoms with van der Waals surface area (Å²) in [5, 5.41) is 0.154. The number of benzene rings is 1. The fourth-order valence-electron chi connectivity index (χ4n) is 2.15. The highest BCUT2D eigenvalue weighted by Crippen LogP contribution is 2.22. The van der Waals surface area contributed by atoms with Crippen LogP contribution in [0.5, 0.6) is 0 Å². The Labute approximate surface area is 105 Å². The third-order valence-electron chi connectivity index (χ3n) is 3.19. The minimum atomic E-state index is -0.392. The van der Waals surface area contributed by atoms with E-state index in [1.54, 1.807) is 12.1 Å². The van der Waals surface area contributed by atoms with Crippen molar-refractivity contribution in [2.45, 2.75) is 18.9 Å². The Morgan fingerprint density at radius 2 is 2.41 bits per heavy atom. The summed E-state index contributed by atoms with van der Waals surface area (Å²) in [5.41, 5.74) is 3.79. The lowest BCUT2D eigenvalue weighted by atomic mass is 9.93. The molecule has 1 saturated heterocycles. The summed E-state index contributed by atoms with van der Waals surface area (Å²) in [7, 11) is 0. The molecule has 3 nitrogen and oxygen atoms in total. The zero-order valence-electron chi connectivity index (χ0n) is 9.46. The maximum Gasteiger partial charge on any atom is 0.141 e. The van der Waals surface area contributed by atoms with Gasteiger partial charge in [-0.1, -0.05) is 17.7 Å². The van der Waals surface area contributed by atoms with Crippen LogP contribution in [0.2, 0.25) is 5.02 Å². The number of nitrogens with one attached hydrogen (secondary N) is 1. The molecule has 0 saturated carbocycles. The van der Waals surface area contributed by atoms with Crippen molar-refractivity contribution in [2.75, 3.05) is 13.2 Å². The molecule has 0 amide bonds. The number of hydrogen-bond acceptors (Lipinski definition) is 3. The second-order valence-electron chi connectivity index (χ2n) is 4.35. The summed E-state index contributed by atoms with van der Waals surface area (Å²) >= 11 is 5.75. The molecule has 2 rings (SSSR count). The van der Waals surface area contributed by atoms with Crippen molar-refractivity contribution in [1.82, 2.24) is 5.43 Å². The van der Waals surface area contributed by atoms with E-state index in [1.165, 1.54) is 6.07 Å². The van der Waals surface area contributed by atoms with Crippen LogP contribution in [-0.2, 0) is 11.2 Å². The SMILES string of the molecule is NNC(Cc1ccc(F)c(Cl)c1)C1CCOC1. The smallest absolute Gasteiger partial charge is 0.141 e. The molecule has 5 heteroatoms. The van der Waals surface area contributed by atoms with Gasteiger partial charge in [-0.15, -0.1) is 0 Å². The Morgan fingerprint density at radius 1 is 1.59 bits per heavy atom. The van der Waals surface area contributed by atoms with Crippen molar-refractivity contribution in [1.29, 1.82) is 0 Å². The van der Waals surface area contributed by atoms with Crippen LogP contribution in [0, 0.1) is 11.7 Å². The highest BCUT2D eigenvalue weighted by molar-refractivity contribution is 6.30. The average Bonchev–Trinajstić information content (AvgIpc) is 2.84. The molecule has 1 aromatic carbocycles. The van der Waals surface area contributed by atoms with E-state index in [-0.39, 0.29) is 11.1 Å². The van der Waals surface area contributed by atoms with Gasteiger partial charge in [-0.2, -0.15) is 0 Å². The maximum absolute atomic E-state index is 13.0. The van der Waals surface area contributed by atoms with Crippen molar-refractivity contribution < 1.29 is 9.13 Å². The first kappa shape index (κ1) is 12.8. The fourth-order valence-corrected chi connectivity index (χ4v) is 2.36. The Balaban J connectivity index is 2.04. The van der Waals surface area contributed by atoms with Gasteiger partial charge >= 0.3 is 0 Å². The van der Waals surface area contributed by atoms with Gasteiger partial charge < -0.3 is 4.74 Å². The Bertz CT molecular complexity index is 383. The molecule has 0 aromatic heterocycles. The van der Waals surface area contributed by atoms with E-state index in [0.29, 0.717) is 5.92 Å². The molecule has 3 N–H and O–H groups in total. The van der Waals surface area contributed by atoms with Crippen molar-refractivity contribution >= 4 is 11.6 Å². The first-order valence-corrected chi connectivity index (χ1v) is 6.06. The van der Waals surface area contributed by atoms with Crippen molar-refractivity contribution in [2.24, 2.45) is 11.8 Å². The monoisotopic (exact) mass is 258 g/mol. The second-order valence-corrected chi connectivity index (χ2v) is 4.76. The van der Waals surface area contributed by atoms with Crippen LogP contribution in [0.3, 0.4) is 0 Å². The number of hydrazine groups is 1. The second kappa shape index (κ2) is 5.78. The van der Waals surface area contributed by atoms with Crippen molar-refractivity contribution in [3.63, 3.8) is 0 Å². The molecule has 2 atom stereocenters. The van der Waals surface area contributed by atoms with Gasteiger partial charge in [0.1, 0.15) is 5.82 Å². The molecule has 94 valence electrons. The summed E-state index contributed by atoms with van der Waals surface area (Å²) in [6.07, 6.45) is 1.73. The summed E-state index contributed by atoms with van der Waals surface area (Å²) in [6.45, 7) is 1.51. The molecule has 2 unspecified atom stereocenters. The lowest BCUT2D eigenvalue weighted by Crippen LogP contribution is -2.42. The van der Waals surface area contributed by atoms with Crippen LogP contribution < -0.4 is 11.3 Å². The van der Waals surface area contributed by atoms with Gasteiger partial charge in [0.25, 0.3) is 0 Å². The Hall–Kier alpha value is -0.680. The van der Waals surface area contributed by atoms with E-state index in [2.05, 4.69) is 5.43 Å². The molecule has 0 aliphatic carbocycles. The lowest BCUT2D eigenvalue weighted by molar-refractivity contribution is 0.176. The molecule has 1 fully saturated rings.